The maximum absolute atomic E-state index is 5.22. The van der Waals surface area contributed by atoms with Gasteiger partial charge in [0.25, 0.3) is 0 Å². The first kappa shape index (κ1) is 8.48. The Morgan fingerprint density at radius 2 is 1.58 bits per heavy atom. The fourth-order valence-corrected chi connectivity index (χ4v) is 1.53. The molecular formula is C9H17NO2. The van der Waals surface area contributed by atoms with E-state index in [4.69, 9.17) is 9.47 Å². The molecule has 0 N–H and O–H groups in total. The lowest BCUT2D eigenvalue weighted by atomic mass is 10.1. The van der Waals surface area contributed by atoms with Crippen LogP contribution in [0.5, 0.6) is 0 Å². The van der Waals surface area contributed by atoms with Crippen molar-refractivity contribution in [3.63, 3.8) is 0 Å². The molecule has 0 bridgehead atoms. The summed E-state index contributed by atoms with van der Waals surface area (Å²) in [5, 5.41) is 0. The molecule has 0 radical (unpaired) electrons. The number of nitrogens with zero attached hydrogens (tertiary/aromatic N) is 1. The minimum absolute atomic E-state index is 0.538. The van der Waals surface area contributed by atoms with Crippen LogP contribution in [0.3, 0.4) is 0 Å². The second-order valence-corrected chi connectivity index (χ2v) is 4.00. The summed E-state index contributed by atoms with van der Waals surface area (Å²) >= 11 is 0. The highest BCUT2D eigenvalue weighted by molar-refractivity contribution is 4.83. The minimum atomic E-state index is 0.538. The Morgan fingerprint density at radius 1 is 1.17 bits per heavy atom. The highest BCUT2D eigenvalue weighted by Crippen LogP contribution is 2.24. The first-order valence-electron chi connectivity index (χ1n) is 4.65. The molecule has 2 saturated heterocycles. The van der Waals surface area contributed by atoms with E-state index in [1.54, 1.807) is 0 Å². The molecule has 2 aliphatic rings. The molecule has 70 valence electrons. The fraction of sp³-hybridized carbons (Fsp3) is 1.00. The molecule has 0 aromatic rings. The Kier molecular flexibility index (Phi) is 2.35. The Bertz CT molecular complexity index is 139. The molecule has 0 aliphatic carbocycles. The topological polar surface area (TPSA) is 28.3 Å². The van der Waals surface area contributed by atoms with Crippen LogP contribution in [0.25, 0.3) is 0 Å². The molecule has 0 aromatic carbocycles. The van der Waals surface area contributed by atoms with Crippen LogP contribution in [0.15, 0.2) is 0 Å². The number of hydrogen-bond donors (Lipinski definition) is 0. The van der Waals surface area contributed by atoms with Crippen molar-refractivity contribution in [2.45, 2.75) is 31.1 Å². The first-order chi connectivity index (χ1) is 5.75. The lowest BCUT2D eigenvalue weighted by molar-refractivity contribution is 0.222. The molecule has 2 aliphatic heterocycles. The van der Waals surface area contributed by atoms with Crippen molar-refractivity contribution in [2.75, 3.05) is 27.3 Å². The Balaban J connectivity index is 1.74. The molecule has 3 heteroatoms. The number of rotatable bonds is 5. The highest BCUT2D eigenvalue weighted by atomic mass is 16.6. The summed E-state index contributed by atoms with van der Waals surface area (Å²) in [5.41, 5.74) is 0. The van der Waals surface area contributed by atoms with Crippen molar-refractivity contribution in [1.82, 2.24) is 4.90 Å². The molecule has 3 nitrogen and oxygen atoms in total. The molecule has 0 aromatic heterocycles. The second-order valence-electron chi connectivity index (χ2n) is 4.00. The SMILES string of the molecule is CN(C)C(CC1CO1)CC1CO1. The van der Waals surface area contributed by atoms with Crippen LogP contribution in [0.1, 0.15) is 12.8 Å². The first-order valence-corrected chi connectivity index (χ1v) is 4.65. The Morgan fingerprint density at radius 3 is 1.83 bits per heavy atom. The predicted molar refractivity (Wildman–Crippen MR) is 46.2 cm³/mol. The molecule has 2 rings (SSSR count). The van der Waals surface area contributed by atoms with E-state index in [0.717, 1.165) is 13.2 Å². The van der Waals surface area contributed by atoms with Crippen LogP contribution in [0.4, 0.5) is 0 Å². The summed E-state index contributed by atoms with van der Waals surface area (Å²) in [6.45, 7) is 1.94. The summed E-state index contributed by atoms with van der Waals surface area (Å²) in [7, 11) is 4.27. The standard InChI is InChI=1S/C9H17NO2/c1-10(2)7(3-8-5-11-8)4-9-6-12-9/h7-9H,3-6H2,1-2H3. The van der Waals surface area contributed by atoms with Crippen LogP contribution in [0, 0.1) is 0 Å². The van der Waals surface area contributed by atoms with E-state index in [2.05, 4.69) is 19.0 Å². The van der Waals surface area contributed by atoms with E-state index in [0.29, 0.717) is 18.2 Å². The zero-order chi connectivity index (χ0) is 8.55. The van der Waals surface area contributed by atoms with Gasteiger partial charge in [-0.2, -0.15) is 0 Å². The van der Waals surface area contributed by atoms with Gasteiger partial charge >= 0.3 is 0 Å². The van der Waals surface area contributed by atoms with Crippen molar-refractivity contribution < 1.29 is 9.47 Å². The van der Waals surface area contributed by atoms with Crippen molar-refractivity contribution in [3.8, 4) is 0 Å². The predicted octanol–water partition coefficient (Wildman–Crippen LogP) is 0.494. The summed E-state index contributed by atoms with van der Waals surface area (Å²) in [5.74, 6) is 0. The normalized spacial score (nSPS) is 35.2. The quantitative estimate of drug-likeness (QED) is 0.564. The van der Waals surface area contributed by atoms with Gasteiger partial charge in [0.15, 0.2) is 0 Å². The summed E-state index contributed by atoms with van der Waals surface area (Å²) in [4.78, 5) is 2.28. The second kappa shape index (κ2) is 3.32. The monoisotopic (exact) mass is 171 g/mol. The van der Waals surface area contributed by atoms with Crippen molar-refractivity contribution in [1.29, 1.82) is 0 Å². The number of hydrogen-bond acceptors (Lipinski definition) is 3. The molecular weight excluding hydrogens is 154 g/mol. The average Bonchev–Trinajstić information content (AvgIpc) is 2.78. The van der Waals surface area contributed by atoms with Gasteiger partial charge in [-0.3, -0.25) is 0 Å². The van der Waals surface area contributed by atoms with Crippen molar-refractivity contribution >= 4 is 0 Å². The van der Waals surface area contributed by atoms with Gasteiger partial charge in [-0.05, 0) is 26.9 Å². The third-order valence-electron chi connectivity index (χ3n) is 2.60. The van der Waals surface area contributed by atoms with Gasteiger partial charge in [0.05, 0.1) is 25.4 Å². The zero-order valence-electron chi connectivity index (χ0n) is 7.82. The van der Waals surface area contributed by atoms with E-state index in [9.17, 15) is 0 Å². The molecule has 2 heterocycles. The van der Waals surface area contributed by atoms with Gasteiger partial charge in [-0.15, -0.1) is 0 Å². The minimum Gasteiger partial charge on any atom is -0.373 e. The molecule has 0 amide bonds. The Labute approximate surface area is 73.6 Å². The van der Waals surface area contributed by atoms with Crippen molar-refractivity contribution in [2.24, 2.45) is 0 Å². The van der Waals surface area contributed by atoms with Crippen LogP contribution in [-0.2, 0) is 9.47 Å². The average molecular weight is 171 g/mol. The van der Waals surface area contributed by atoms with Gasteiger partial charge in [0.2, 0.25) is 0 Å². The van der Waals surface area contributed by atoms with Crippen LogP contribution >= 0.6 is 0 Å². The van der Waals surface area contributed by atoms with E-state index >= 15 is 0 Å². The van der Waals surface area contributed by atoms with E-state index in [-0.39, 0.29) is 0 Å². The van der Waals surface area contributed by atoms with Crippen LogP contribution in [0.2, 0.25) is 0 Å². The summed E-state index contributed by atoms with van der Waals surface area (Å²) < 4.78 is 10.4. The van der Waals surface area contributed by atoms with Gasteiger partial charge < -0.3 is 14.4 Å². The summed E-state index contributed by atoms with van der Waals surface area (Å²) in [6, 6.07) is 0.644. The number of epoxide rings is 2. The largest absolute Gasteiger partial charge is 0.373 e. The fourth-order valence-electron chi connectivity index (χ4n) is 1.53. The van der Waals surface area contributed by atoms with Crippen LogP contribution < -0.4 is 0 Å². The lowest BCUT2D eigenvalue weighted by Crippen LogP contribution is -2.30. The Hall–Kier alpha value is -0.120. The highest BCUT2D eigenvalue weighted by Gasteiger charge is 2.32. The third kappa shape index (κ3) is 2.44. The van der Waals surface area contributed by atoms with Gasteiger partial charge in [-0.25, -0.2) is 0 Å². The third-order valence-corrected chi connectivity index (χ3v) is 2.60. The number of ether oxygens (including phenoxy) is 2. The maximum Gasteiger partial charge on any atom is 0.0824 e. The zero-order valence-corrected chi connectivity index (χ0v) is 7.82. The molecule has 2 atom stereocenters. The molecule has 0 saturated carbocycles. The summed E-state index contributed by atoms with van der Waals surface area (Å²) in [6.07, 6.45) is 3.42. The van der Waals surface area contributed by atoms with E-state index < -0.39 is 0 Å². The maximum atomic E-state index is 5.22. The van der Waals surface area contributed by atoms with Gasteiger partial charge in [0.1, 0.15) is 0 Å². The molecule has 0 spiro atoms. The van der Waals surface area contributed by atoms with Gasteiger partial charge in [-0.1, -0.05) is 0 Å². The smallest absolute Gasteiger partial charge is 0.0824 e. The molecule has 2 unspecified atom stereocenters. The van der Waals surface area contributed by atoms with E-state index in [1.165, 1.54) is 12.8 Å². The molecule has 12 heavy (non-hydrogen) atoms. The van der Waals surface area contributed by atoms with E-state index in [1.807, 2.05) is 0 Å². The lowest BCUT2D eigenvalue weighted by Gasteiger charge is -2.22. The molecule has 2 fully saturated rings. The van der Waals surface area contributed by atoms with Gasteiger partial charge in [0, 0.05) is 6.04 Å². The van der Waals surface area contributed by atoms with Crippen LogP contribution in [-0.4, -0.2) is 50.5 Å². The van der Waals surface area contributed by atoms with Crippen molar-refractivity contribution in [3.05, 3.63) is 0 Å².